The van der Waals surface area contributed by atoms with Crippen molar-refractivity contribution in [2.45, 2.75) is 46.5 Å². The topological polar surface area (TPSA) is 64.6 Å². The summed E-state index contributed by atoms with van der Waals surface area (Å²) in [6.45, 7) is 6.90. The zero-order valence-corrected chi connectivity index (χ0v) is 14.3. The molecular formula is C18H27NO4. The third-order valence-electron chi connectivity index (χ3n) is 3.60. The summed E-state index contributed by atoms with van der Waals surface area (Å²) in [5.74, 6) is -0.326. The number of benzene rings is 1. The van der Waals surface area contributed by atoms with E-state index in [1.165, 1.54) is 19.3 Å². The van der Waals surface area contributed by atoms with E-state index in [1.54, 1.807) is 31.2 Å². The molecule has 5 heteroatoms. The Morgan fingerprint density at radius 1 is 1.13 bits per heavy atom. The second kappa shape index (κ2) is 10.6. The summed E-state index contributed by atoms with van der Waals surface area (Å²) in [7, 11) is 0. The lowest BCUT2D eigenvalue weighted by Gasteiger charge is -2.15. The first kappa shape index (κ1) is 19.0. The highest BCUT2D eigenvalue weighted by Crippen LogP contribution is 2.19. The summed E-state index contributed by atoms with van der Waals surface area (Å²) < 4.78 is 10.4. The molecule has 23 heavy (non-hydrogen) atoms. The maximum atomic E-state index is 11.5. The Bertz CT molecular complexity index is 484. The highest BCUT2D eigenvalue weighted by atomic mass is 16.5. The molecule has 0 fully saturated rings. The van der Waals surface area contributed by atoms with Crippen LogP contribution in [0.1, 0.15) is 46.5 Å². The highest BCUT2D eigenvalue weighted by molar-refractivity contribution is 6.37. The molecule has 5 nitrogen and oxygen atoms in total. The van der Waals surface area contributed by atoms with Gasteiger partial charge >= 0.3 is 11.9 Å². The van der Waals surface area contributed by atoms with E-state index in [4.69, 9.17) is 4.74 Å². The quantitative estimate of drug-likeness (QED) is 0.555. The molecule has 0 radical (unpaired) electrons. The molecule has 128 valence electrons. The largest absolute Gasteiger partial charge is 0.493 e. The van der Waals surface area contributed by atoms with E-state index in [1.807, 2.05) is 0 Å². The van der Waals surface area contributed by atoms with E-state index in [0.29, 0.717) is 18.2 Å². The minimum atomic E-state index is -0.880. The van der Waals surface area contributed by atoms with Crippen LogP contribution in [-0.4, -0.2) is 25.1 Å². The summed E-state index contributed by atoms with van der Waals surface area (Å²) in [5.41, 5.74) is 0.536. The van der Waals surface area contributed by atoms with Gasteiger partial charge in [-0.1, -0.05) is 33.1 Å². The molecule has 0 aromatic heterocycles. The summed E-state index contributed by atoms with van der Waals surface area (Å²) in [6.07, 6.45) is 4.71. The molecular weight excluding hydrogens is 294 g/mol. The van der Waals surface area contributed by atoms with Crippen LogP contribution in [0.3, 0.4) is 0 Å². The molecule has 0 spiro atoms. The molecule has 0 aliphatic heterocycles. The van der Waals surface area contributed by atoms with Crippen molar-refractivity contribution in [2.75, 3.05) is 18.5 Å². The van der Waals surface area contributed by atoms with Gasteiger partial charge < -0.3 is 14.8 Å². The van der Waals surface area contributed by atoms with Crippen LogP contribution >= 0.6 is 0 Å². The van der Waals surface area contributed by atoms with Crippen LogP contribution in [0, 0.1) is 5.92 Å². The number of carbonyl (C=O) groups is 2. The van der Waals surface area contributed by atoms with Crippen LogP contribution in [0.4, 0.5) is 5.69 Å². The smallest absolute Gasteiger partial charge is 0.397 e. The first-order valence-corrected chi connectivity index (χ1v) is 8.31. The predicted octanol–water partition coefficient (Wildman–Crippen LogP) is 3.78. The Morgan fingerprint density at radius 2 is 1.83 bits per heavy atom. The first-order chi connectivity index (χ1) is 11.1. The second-order valence-electron chi connectivity index (χ2n) is 5.43. The summed E-state index contributed by atoms with van der Waals surface area (Å²) >= 11 is 0. The predicted molar refractivity (Wildman–Crippen MR) is 90.5 cm³/mol. The van der Waals surface area contributed by atoms with Gasteiger partial charge in [-0.05, 0) is 43.5 Å². The molecule has 1 atom stereocenters. The lowest BCUT2D eigenvalue weighted by molar-refractivity contribution is -0.152. The molecule has 0 saturated carbocycles. The Balaban J connectivity index is 2.46. The number of esters is 1. The number of rotatable bonds is 9. The number of hydrogen-bond acceptors (Lipinski definition) is 4. The molecule has 0 aliphatic rings. The Morgan fingerprint density at radius 3 is 2.39 bits per heavy atom. The molecule has 1 unspecified atom stereocenters. The van der Waals surface area contributed by atoms with Gasteiger partial charge in [0.2, 0.25) is 0 Å². The Labute approximate surface area is 138 Å². The van der Waals surface area contributed by atoms with E-state index >= 15 is 0 Å². The van der Waals surface area contributed by atoms with Crippen LogP contribution in [-0.2, 0) is 14.3 Å². The van der Waals surface area contributed by atoms with Gasteiger partial charge in [0.1, 0.15) is 5.75 Å². The van der Waals surface area contributed by atoms with Gasteiger partial charge in [-0.2, -0.15) is 0 Å². The lowest BCUT2D eigenvalue weighted by Crippen LogP contribution is -2.24. The number of hydrogen-bond donors (Lipinski definition) is 1. The van der Waals surface area contributed by atoms with Gasteiger partial charge in [0.15, 0.2) is 0 Å². The summed E-state index contributed by atoms with van der Waals surface area (Å²) in [6, 6.07) is 6.99. The first-order valence-electron chi connectivity index (χ1n) is 8.31. The fraction of sp³-hybridized carbons (Fsp3) is 0.556. The van der Waals surface area contributed by atoms with Crippen LogP contribution in [0.2, 0.25) is 0 Å². The lowest BCUT2D eigenvalue weighted by atomic mass is 10.0. The maximum Gasteiger partial charge on any atom is 0.397 e. The van der Waals surface area contributed by atoms with Crippen LogP contribution in [0.5, 0.6) is 5.75 Å². The van der Waals surface area contributed by atoms with Gasteiger partial charge in [0, 0.05) is 5.69 Å². The molecule has 0 aliphatic carbocycles. The van der Waals surface area contributed by atoms with E-state index in [9.17, 15) is 9.59 Å². The number of nitrogens with one attached hydrogen (secondary N) is 1. The zero-order chi connectivity index (χ0) is 17.1. The SMILES string of the molecule is CCCCC(CC)COc1ccc(NC(=O)C(=O)OCC)cc1. The molecule has 0 saturated heterocycles. The standard InChI is InChI=1S/C18H27NO4/c1-4-7-8-14(5-2)13-23-16-11-9-15(10-12-16)19-17(20)18(21)22-6-3/h9-12,14H,4-8,13H2,1-3H3,(H,19,20). The number of amides is 1. The average molecular weight is 321 g/mol. The number of ether oxygens (including phenoxy) is 2. The summed E-state index contributed by atoms with van der Waals surface area (Å²) in [4.78, 5) is 22.8. The second-order valence-corrected chi connectivity index (χ2v) is 5.43. The Hall–Kier alpha value is -2.04. The zero-order valence-electron chi connectivity index (χ0n) is 14.3. The minimum absolute atomic E-state index is 0.176. The van der Waals surface area contributed by atoms with Crippen molar-refractivity contribution in [3.63, 3.8) is 0 Å². The van der Waals surface area contributed by atoms with Crippen molar-refractivity contribution in [3.8, 4) is 5.75 Å². The van der Waals surface area contributed by atoms with E-state index < -0.39 is 11.9 Å². The summed E-state index contributed by atoms with van der Waals surface area (Å²) in [5, 5.41) is 2.49. The highest BCUT2D eigenvalue weighted by Gasteiger charge is 2.14. The molecule has 1 aromatic rings. The van der Waals surface area contributed by atoms with E-state index in [-0.39, 0.29) is 6.61 Å². The van der Waals surface area contributed by atoms with Gasteiger partial charge in [0.25, 0.3) is 0 Å². The number of unbranched alkanes of at least 4 members (excludes halogenated alkanes) is 1. The number of carbonyl (C=O) groups excluding carboxylic acids is 2. The van der Waals surface area contributed by atoms with Crippen LogP contribution in [0.25, 0.3) is 0 Å². The molecule has 0 bridgehead atoms. The normalized spacial score (nSPS) is 11.6. The van der Waals surface area contributed by atoms with Gasteiger partial charge in [-0.15, -0.1) is 0 Å². The fourth-order valence-electron chi connectivity index (χ4n) is 2.13. The Kier molecular flexibility index (Phi) is 8.80. The van der Waals surface area contributed by atoms with E-state index in [0.717, 1.165) is 12.2 Å². The molecule has 1 rings (SSSR count). The maximum absolute atomic E-state index is 11.5. The molecule has 1 aromatic carbocycles. The average Bonchev–Trinajstić information content (AvgIpc) is 2.56. The van der Waals surface area contributed by atoms with Crippen molar-refractivity contribution in [1.82, 2.24) is 0 Å². The van der Waals surface area contributed by atoms with Crippen molar-refractivity contribution < 1.29 is 19.1 Å². The monoisotopic (exact) mass is 321 g/mol. The molecule has 1 N–H and O–H groups in total. The van der Waals surface area contributed by atoms with Crippen molar-refractivity contribution in [1.29, 1.82) is 0 Å². The molecule has 1 amide bonds. The third kappa shape index (κ3) is 7.17. The van der Waals surface area contributed by atoms with E-state index in [2.05, 4.69) is 23.9 Å². The third-order valence-corrected chi connectivity index (χ3v) is 3.60. The fourth-order valence-corrected chi connectivity index (χ4v) is 2.13. The van der Waals surface area contributed by atoms with Gasteiger partial charge in [0.05, 0.1) is 13.2 Å². The van der Waals surface area contributed by atoms with Gasteiger partial charge in [-0.3, -0.25) is 4.79 Å². The minimum Gasteiger partial charge on any atom is -0.493 e. The van der Waals surface area contributed by atoms with Gasteiger partial charge in [-0.25, -0.2) is 4.79 Å². The van der Waals surface area contributed by atoms with Crippen molar-refractivity contribution in [2.24, 2.45) is 5.92 Å². The molecule has 0 heterocycles. The van der Waals surface area contributed by atoms with Crippen LogP contribution in [0.15, 0.2) is 24.3 Å². The van der Waals surface area contributed by atoms with Crippen molar-refractivity contribution in [3.05, 3.63) is 24.3 Å². The number of anilines is 1. The van der Waals surface area contributed by atoms with Crippen molar-refractivity contribution >= 4 is 17.6 Å². The van der Waals surface area contributed by atoms with Crippen LogP contribution < -0.4 is 10.1 Å².